The number of fused-ring (bicyclic) bond motifs is 5. The molecule has 5 nitrogen and oxygen atoms in total. The molecule has 0 unspecified atom stereocenters. The minimum atomic E-state index is -3.50. The maximum absolute atomic E-state index is 13.6. The van der Waals surface area contributed by atoms with E-state index in [0.29, 0.717) is 18.0 Å². The van der Waals surface area contributed by atoms with Crippen LogP contribution in [0.25, 0.3) is 5.69 Å². The molecule has 1 spiro atoms. The van der Waals surface area contributed by atoms with E-state index in [-0.39, 0.29) is 5.54 Å². The molecule has 2 aliphatic heterocycles. The quantitative estimate of drug-likeness (QED) is 0.524. The van der Waals surface area contributed by atoms with Gasteiger partial charge in [-0.15, -0.1) is 0 Å². The van der Waals surface area contributed by atoms with Crippen molar-refractivity contribution in [3.63, 3.8) is 0 Å². The van der Waals surface area contributed by atoms with Crippen LogP contribution in [-0.2, 0) is 28.4 Å². The van der Waals surface area contributed by atoms with Gasteiger partial charge >= 0.3 is 0 Å². The monoisotopic (exact) mass is 475 g/mol. The Morgan fingerprint density at radius 3 is 2.44 bits per heavy atom. The third-order valence-electron chi connectivity index (χ3n) is 8.25. The summed E-state index contributed by atoms with van der Waals surface area (Å²) < 4.78 is 31.3. The van der Waals surface area contributed by atoms with Crippen molar-refractivity contribution in [3.8, 4) is 5.69 Å². The molecule has 1 saturated heterocycles. The number of hydrogen-bond acceptors (Lipinski definition) is 3. The zero-order valence-corrected chi connectivity index (χ0v) is 20.9. The molecule has 34 heavy (non-hydrogen) atoms. The first kappa shape index (κ1) is 21.9. The van der Waals surface area contributed by atoms with E-state index in [4.69, 9.17) is 0 Å². The van der Waals surface area contributed by atoms with Gasteiger partial charge in [0.25, 0.3) is 0 Å². The van der Waals surface area contributed by atoms with Gasteiger partial charge in [-0.05, 0) is 105 Å². The maximum atomic E-state index is 13.6. The minimum absolute atomic E-state index is 0.194. The molecule has 0 amide bonds. The van der Waals surface area contributed by atoms with E-state index in [1.165, 1.54) is 40.2 Å². The van der Waals surface area contributed by atoms with Gasteiger partial charge in [0.15, 0.2) is 0 Å². The molecular weight excluding hydrogens is 442 g/mol. The number of hydrogen-bond donors (Lipinski definition) is 0. The minimum Gasteiger partial charge on any atom is -0.359 e. The largest absolute Gasteiger partial charge is 0.359 e. The highest BCUT2D eigenvalue weighted by atomic mass is 32.2. The average Bonchev–Trinajstić information content (AvgIpc) is 3.35. The summed E-state index contributed by atoms with van der Waals surface area (Å²) in [5.41, 5.74) is 7.32. The fraction of sp³-hybridized carbons (Fsp3) is 0.429. The van der Waals surface area contributed by atoms with E-state index in [2.05, 4.69) is 59.8 Å². The first-order chi connectivity index (χ1) is 16.4. The van der Waals surface area contributed by atoms with Gasteiger partial charge in [-0.25, -0.2) is 8.42 Å². The average molecular weight is 476 g/mol. The van der Waals surface area contributed by atoms with Crippen LogP contribution in [0.1, 0.15) is 55.0 Å². The molecule has 3 heterocycles. The maximum Gasteiger partial charge on any atom is 0.243 e. The first-order valence-corrected chi connectivity index (χ1v) is 14.1. The zero-order valence-electron chi connectivity index (χ0n) is 20.1. The van der Waals surface area contributed by atoms with Crippen LogP contribution in [-0.4, -0.2) is 36.9 Å². The van der Waals surface area contributed by atoms with Crippen LogP contribution in [0, 0.1) is 6.92 Å². The smallest absolute Gasteiger partial charge is 0.243 e. The van der Waals surface area contributed by atoms with Crippen molar-refractivity contribution in [2.75, 3.05) is 24.5 Å². The highest BCUT2D eigenvalue weighted by Crippen LogP contribution is 2.48. The lowest BCUT2D eigenvalue weighted by Gasteiger charge is -2.52. The van der Waals surface area contributed by atoms with E-state index in [1.807, 2.05) is 18.2 Å². The van der Waals surface area contributed by atoms with Gasteiger partial charge in [-0.2, -0.15) is 4.31 Å². The van der Waals surface area contributed by atoms with Crippen LogP contribution in [0.15, 0.2) is 59.6 Å². The second-order valence-electron chi connectivity index (χ2n) is 10.1. The summed E-state index contributed by atoms with van der Waals surface area (Å²) in [6.07, 6.45) is 8.11. The van der Waals surface area contributed by atoms with Crippen LogP contribution in [0.2, 0.25) is 0 Å². The third kappa shape index (κ3) is 3.18. The Morgan fingerprint density at radius 2 is 1.68 bits per heavy atom. The summed E-state index contributed by atoms with van der Waals surface area (Å²) in [7, 11) is -3.50. The lowest BCUT2D eigenvalue weighted by atomic mass is 9.81. The van der Waals surface area contributed by atoms with Crippen LogP contribution < -0.4 is 4.90 Å². The van der Waals surface area contributed by atoms with Crippen molar-refractivity contribution in [1.82, 2.24) is 8.87 Å². The number of aryl methyl sites for hydroxylation is 3. The van der Waals surface area contributed by atoms with Crippen molar-refractivity contribution in [2.24, 2.45) is 0 Å². The lowest BCUT2D eigenvalue weighted by Crippen LogP contribution is -2.56. The zero-order chi connectivity index (χ0) is 23.5. The van der Waals surface area contributed by atoms with E-state index in [0.717, 1.165) is 38.6 Å². The van der Waals surface area contributed by atoms with E-state index in [1.54, 1.807) is 4.31 Å². The highest BCUT2D eigenvalue weighted by molar-refractivity contribution is 7.89. The molecule has 1 aliphatic carbocycles. The highest BCUT2D eigenvalue weighted by Gasteiger charge is 2.48. The number of piperidine rings is 1. The molecule has 2 aromatic carbocycles. The Morgan fingerprint density at radius 1 is 0.912 bits per heavy atom. The molecule has 178 valence electrons. The molecule has 0 bridgehead atoms. The molecule has 6 rings (SSSR count). The summed E-state index contributed by atoms with van der Waals surface area (Å²) in [5.74, 6) is 0. The summed E-state index contributed by atoms with van der Waals surface area (Å²) >= 11 is 0. The normalized spacial score (nSPS) is 19.5. The van der Waals surface area contributed by atoms with Crippen LogP contribution >= 0.6 is 0 Å². The van der Waals surface area contributed by atoms with E-state index in [9.17, 15) is 8.42 Å². The second-order valence-corrected chi connectivity index (χ2v) is 12.0. The SMILES string of the molecule is CCN1c2cc(C)ccc2-n2cccc2C12CCN(S(=O)(=O)c1ccc3c(c1)CCCC3)CC2. The number of rotatable bonds is 3. The molecular formula is C28H33N3O2S. The molecule has 3 aliphatic rings. The van der Waals surface area contributed by atoms with Crippen molar-refractivity contribution in [2.45, 2.75) is 62.8 Å². The Balaban J connectivity index is 1.33. The summed E-state index contributed by atoms with van der Waals surface area (Å²) in [5, 5.41) is 0. The van der Waals surface area contributed by atoms with Gasteiger partial charge in [0.2, 0.25) is 10.0 Å². The predicted molar refractivity (Wildman–Crippen MR) is 136 cm³/mol. The molecule has 3 aromatic rings. The van der Waals surface area contributed by atoms with Crippen molar-refractivity contribution < 1.29 is 8.42 Å². The van der Waals surface area contributed by atoms with Crippen LogP contribution in [0.5, 0.6) is 0 Å². The van der Waals surface area contributed by atoms with Crippen molar-refractivity contribution in [3.05, 3.63) is 77.1 Å². The van der Waals surface area contributed by atoms with Crippen molar-refractivity contribution in [1.29, 1.82) is 0 Å². The number of anilines is 1. The Labute approximate surface area is 203 Å². The van der Waals surface area contributed by atoms with Gasteiger partial charge < -0.3 is 9.47 Å². The van der Waals surface area contributed by atoms with Gasteiger partial charge in [0.1, 0.15) is 0 Å². The Kier molecular flexibility index (Phi) is 5.15. The summed E-state index contributed by atoms with van der Waals surface area (Å²) in [6, 6.07) is 16.8. The van der Waals surface area contributed by atoms with Gasteiger partial charge in [0.05, 0.1) is 21.8 Å². The molecule has 0 saturated carbocycles. The summed E-state index contributed by atoms with van der Waals surface area (Å²) in [4.78, 5) is 2.98. The lowest BCUT2D eigenvalue weighted by molar-refractivity contribution is 0.215. The number of nitrogens with zero attached hydrogens (tertiary/aromatic N) is 3. The molecule has 6 heteroatoms. The van der Waals surface area contributed by atoms with E-state index >= 15 is 0 Å². The molecule has 1 aromatic heterocycles. The third-order valence-corrected chi connectivity index (χ3v) is 10.1. The number of sulfonamides is 1. The van der Waals surface area contributed by atoms with Crippen LogP contribution in [0.4, 0.5) is 5.69 Å². The Hall–Kier alpha value is -2.57. The first-order valence-electron chi connectivity index (χ1n) is 12.6. The fourth-order valence-corrected chi connectivity index (χ4v) is 8.00. The molecule has 0 N–H and O–H groups in total. The van der Waals surface area contributed by atoms with Gasteiger partial charge in [0, 0.05) is 31.5 Å². The summed E-state index contributed by atoms with van der Waals surface area (Å²) in [6.45, 7) is 6.30. The number of benzene rings is 2. The second kappa shape index (κ2) is 7.99. The number of aromatic nitrogens is 1. The topological polar surface area (TPSA) is 45.5 Å². The predicted octanol–water partition coefficient (Wildman–Crippen LogP) is 5.18. The van der Waals surface area contributed by atoms with Crippen LogP contribution in [0.3, 0.4) is 0 Å². The molecule has 1 fully saturated rings. The Bertz CT molecular complexity index is 1350. The standard InChI is InChI=1S/C28H33N3O2S/c1-3-31-26-19-21(2)10-13-25(26)30-16-6-9-27(30)28(31)14-17-29(18-15-28)34(32,33)24-12-11-22-7-4-5-8-23(22)20-24/h6,9-13,16,19-20H,3-5,7-8,14-15,17-18H2,1-2H3. The molecule has 0 radical (unpaired) electrons. The fourth-order valence-electron chi connectivity index (χ4n) is 6.51. The van der Waals surface area contributed by atoms with Gasteiger partial charge in [-0.3, -0.25) is 0 Å². The van der Waals surface area contributed by atoms with Gasteiger partial charge in [-0.1, -0.05) is 12.1 Å². The molecule has 0 atom stereocenters. The van der Waals surface area contributed by atoms with Crippen molar-refractivity contribution >= 4 is 15.7 Å². The van der Waals surface area contributed by atoms with E-state index < -0.39 is 10.0 Å².